The van der Waals surface area contributed by atoms with Gasteiger partial charge in [0.05, 0.1) is 5.56 Å². The van der Waals surface area contributed by atoms with Gasteiger partial charge in [-0.3, -0.25) is 0 Å². The van der Waals surface area contributed by atoms with E-state index in [-0.39, 0.29) is 18.7 Å². The highest BCUT2D eigenvalue weighted by atomic mass is 16.4. The van der Waals surface area contributed by atoms with Crippen molar-refractivity contribution in [1.82, 2.24) is 0 Å². The van der Waals surface area contributed by atoms with E-state index in [9.17, 15) is 4.79 Å². The molecule has 0 aliphatic rings. The minimum absolute atomic E-state index is 0. The van der Waals surface area contributed by atoms with Crippen molar-refractivity contribution in [1.29, 1.82) is 0 Å². The fourth-order valence-electron chi connectivity index (χ4n) is 0.788. The summed E-state index contributed by atoms with van der Waals surface area (Å²) in [6, 6.07) is 4.17. The SMILES string of the molecule is C.Cc1cc(C(=O)O)ccc1O. The van der Waals surface area contributed by atoms with Gasteiger partial charge >= 0.3 is 5.97 Å². The highest BCUT2D eigenvalue weighted by Gasteiger charge is 2.03. The van der Waals surface area contributed by atoms with E-state index in [1.165, 1.54) is 18.2 Å². The van der Waals surface area contributed by atoms with E-state index >= 15 is 0 Å². The number of carbonyl (C=O) groups is 1. The number of hydrogen-bond donors (Lipinski definition) is 2. The van der Waals surface area contributed by atoms with Crippen molar-refractivity contribution < 1.29 is 15.0 Å². The second-order valence-corrected chi connectivity index (χ2v) is 2.31. The minimum atomic E-state index is -0.979. The number of aryl methyl sites for hydroxylation is 1. The van der Waals surface area contributed by atoms with E-state index in [1.54, 1.807) is 6.92 Å². The van der Waals surface area contributed by atoms with Crippen molar-refractivity contribution in [3.8, 4) is 5.75 Å². The molecule has 1 aromatic carbocycles. The first-order valence-electron chi connectivity index (χ1n) is 3.14. The van der Waals surface area contributed by atoms with Crippen LogP contribution in [0.4, 0.5) is 0 Å². The van der Waals surface area contributed by atoms with Crippen molar-refractivity contribution in [2.75, 3.05) is 0 Å². The average molecular weight is 168 g/mol. The van der Waals surface area contributed by atoms with Gasteiger partial charge in [0, 0.05) is 0 Å². The van der Waals surface area contributed by atoms with Gasteiger partial charge in [-0.1, -0.05) is 7.43 Å². The van der Waals surface area contributed by atoms with Crippen LogP contribution < -0.4 is 0 Å². The first-order chi connectivity index (χ1) is 5.11. The zero-order valence-electron chi connectivity index (χ0n) is 6.03. The zero-order valence-corrected chi connectivity index (χ0v) is 6.03. The molecular weight excluding hydrogens is 156 g/mol. The normalized spacial score (nSPS) is 8.75. The topological polar surface area (TPSA) is 57.5 Å². The zero-order chi connectivity index (χ0) is 8.43. The van der Waals surface area contributed by atoms with E-state index in [4.69, 9.17) is 10.2 Å². The summed E-state index contributed by atoms with van der Waals surface area (Å²) >= 11 is 0. The highest BCUT2D eigenvalue weighted by Crippen LogP contribution is 2.16. The number of carboxylic acid groups (broad SMARTS) is 1. The third kappa shape index (κ3) is 1.99. The predicted molar refractivity (Wildman–Crippen MR) is 46.5 cm³/mol. The molecule has 0 bridgehead atoms. The molecule has 0 atom stereocenters. The number of phenols is 1. The van der Waals surface area contributed by atoms with Gasteiger partial charge < -0.3 is 10.2 Å². The van der Waals surface area contributed by atoms with Crippen LogP contribution in [0.15, 0.2) is 18.2 Å². The number of phenolic OH excluding ortho intramolecular Hbond substituents is 1. The molecule has 0 amide bonds. The molecule has 12 heavy (non-hydrogen) atoms. The smallest absolute Gasteiger partial charge is 0.335 e. The van der Waals surface area contributed by atoms with E-state index in [2.05, 4.69) is 0 Å². The highest BCUT2D eigenvalue weighted by molar-refractivity contribution is 5.88. The molecule has 0 radical (unpaired) electrons. The van der Waals surface area contributed by atoms with Crippen LogP contribution >= 0.6 is 0 Å². The van der Waals surface area contributed by atoms with Crippen LogP contribution in [-0.2, 0) is 0 Å². The molecule has 3 nitrogen and oxygen atoms in total. The maximum Gasteiger partial charge on any atom is 0.335 e. The lowest BCUT2D eigenvalue weighted by molar-refractivity contribution is 0.0697. The summed E-state index contributed by atoms with van der Waals surface area (Å²) in [5, 5.41) is 17.6. The van der Waals surface area contributed by atoms with Crippen LogP contribution in [0.2, 0.25) is 0 Å². The average Bonchev–Trinajstić information content (AvgIpc) is 1.94. The van der Waals surface area contributed by atoms with E-state index in [0.717, 1.165) is 0 Å². The third-order valence-corrected chi connectivity index (χ3v) is 1.44. The van der Waals surface area contributed by atoms with Crippen LogP contribution in [0.1, 0.15) is 23.3 Å². The van der Waals surface area contributed by atoms with Crippen LogP contribution in [-0.4, -0.2) is 16.2 Å². The Morgan fingerprint density at radius 2 is 2.00 bits per heavy atom. The van der Waals surface area contributed by atoms with Gasteiger partial charge in [-0.2, -0.15) is 0 Å². The lowest BCUT2D eigenvalue weighted by atomic mass is 10.1. The largest absolute Gasteiger partial charge is 0.508 e. The summed E-state index contributed by atoms with van der Waals surface area (Å²) in [6.45, 7) is 1.65. The fraction of sp³-hybridized carbons (Fsp3) is 0.222. The second kappa shape index (κ2) is 3.76. The standard InChI is InChI=1S/C8H8O3.CH4/c1-5-4-6(8(10)11)2-3-7(5)9;/h2-4,9H,1H3,(H,10,11);1H4. The molecule has 0 aliphatic carbocycles. The number of aromatic carboxylic acids is 1. The minimum Gasteiger partial charge on any atom is -0.508 e. The molecule has 0 spiro atoms. The lowest BCUT2D eigenvalue weighted by Crippen LogP contribution is -1.95. The molecule has 0 fully saturated rings. The molecule has 3 heteroatoms. The van der Waals surface area contributed by atoms with Crippen LogP contribution in [0, 0.1) is 6.92 Å². The molecule has 0 unspecified atom stereocenters. The van der Waals surface area contributed by atoms with Crippen molar-refractivity contribution in [2.45, 2.75) is 14.4 Å². The predicted octanol–water partition coefficient (Wildman–Crippen LogP) is 2.03. The molecule has 0 heterocycles. The van der Waals surface area contributed by atoms with E-state index < -0.39 is 5.97 Å². The van der Waals surface area contributed by atoms with Gasteiger partial charge in [0.25, 0.3) is 0 Å². The Hall–Kier alpha value is -1.51. The third-order valence-electron chi connectivity index (χ3n) is 1.44. The molecule has 1 rings (SSSR count). The Balaban J connectivity index is 0.00000121. The van der Waals surface area contributed by atoms with E-state index in [0.29, 0.717) is 5.56 Å². The van der Waals surface area contributed by atoms with Gasteiger partial charge in [0.15, 0.2) is 0 Å². The monoisotopic (exact) mass is 168 g/mol. The van der Waals surface area contributed by atoms with Crippen molar-refractivity contribution in [3.63, 3.8) is 0 Å². The Kier molecular flexibility index (Phi) is 3.29. The lowest BCUT2D eigenvalue weighted by Gasteiger charge is -1.98. The summed E-state index contributed by atoms with van der Waals surface area (Å²) in [7, 11) is 0. The molecule has 0 aromatic heterocycles. The first kappa shape index (κ1) is 10.5. The quantitative estimate of drug-likeness (QED) is 0.674. The molecule has 2 N–H and O–H groups in total. The molecule has 66 valence electrons. The van der Waals surface area contributed by atoms with Crippen LogP contribution in [0.3, 0.4) is 0 Å². The van der Waals surface area contributed by atoms with Crippen LogP contribution in [0.5, 0.6) is 5.75 Å². The van der Waals surface area contributed by atoms with Crippen molar-refractivity contribution in [3.05, 3.63) is 29.3 Å². The van der Waals surface area contributed by atoms with Crippen molar-refractivity contribution >= 4 is 5.97 Å². The summed E-state index contributed by atoms with van der Waals surface area (Å²) < 4.78 is 0. The molecular formula is C9H12O3. The Morgan fingerprint density at radius 3 is 2.42 bits per heavy atom. The molecule has 0 saturated heterocycles. The Labute approximate surface area is 71.3 Å². The number of benzene rings is 1. The fourth-order valence-corrected chi connectivity index (χ4v) is 0.788. The summed E-state index contributed by atoms with van der Waals surface area (Å²) in [4.78, 5) is 10.4. The summed E-state index contributed by atoms with van der Waals surface area (Å²) in [6.07, 6.45) is 0. The number of hydrogen-bond acceptors (Lipinski definition) is 2. The van der Waals surface area contributed by atoms with Gasteiger partial charge in [0.1, 0.15) is 5.75 Å². The van der Waals surface area contributed by atoms with Gasteiger partial charge in [0.2, 0.25) is 0 Å². The number of rotatable bonds is 1. The van der Waals surface area contributed by atoms with Gasteiger partial charge in [-0.15, -0.1) is 0 Å². The van der Waals surface area contributed by atoms with Gasteiger partial charge in [-0.05, 0) is 30.7 Å². The van der Waals surface area contributed by atoms with Gasteiger partial charge in [-0.25, -0.2) is 4.79 Å². The van der Waals surface area contributed by atoms with E-state index in [1.807, 2.05) is 0 Å². The number of aromatic hydroxyl groups is 1. The molecule has 0 saturated carbocycles. The molecule has 0 aliphatic heterocycles. The van der Waals surface area contributed by atoms with Crippen LogP contribution in [0.25, 0.3) is 0 Å². The first-order valence-corrected chi connectivity index (χ1v) is 3.14. The Bertz CT molecular complexity index is 292. The maximum atomic E-state index is 10.4. The summed E-state index contributed by atoms with van der Waals surface area (Å²) in [5.74, 6) is -0.858. The second-order valence-electron chi connectivity index (χ2n) is 2.31. The number of carboxylic acids is 1. The maximum absolute atomic E-state index is 10.4. The Morgan fingerprint density at radius 1 is 1.42 bits per heavy atom. The summed E-state index contributed by atoms with van der Waals surface area (Å²) in [5.41, 5.74) is 0.769. The molecule has 1 aromatic rings. The van der Waals surface area contributed by atoms with Crippen molar-refractivity contribution in [2.24, 2.45) is 0 Å².